The van der Waals surface area contributed by atoms with Crippen molar-refractivity contribution >= 4 is 21.6 Å². The van der Waals surface area contributed by atoms with Gasteiger partial charge in [0.2, 0.25) is 11.6 Å². The first-order valence-electron chi connectivity index (χ1n) is 5.05. The lowest BCUT2D eigenvalue weighted by Gasteiger charge is -2.08. The lowest BCUT2D eigenvalue weighted by atomic mass is 10.3. The van der Waals surface area contributed by atoms with Gasteiger partial charge in [-0.25, -0.2) is 4.39 Å². The average Bonchev–Trinajstić information content (AvgIpc) is 2.32. The molecule has 0 fully saturated rings. The van der Waals surface area contributed by atoms with Crippen LogP contribution in [0.15, 0.2) is 40.9 Å². The molecule has 98 valence electrons. The molecule has 2 aromatic rings. The smallest absolute Gasteiger partial charge is 0.346 e. The largest absolute Gasteiger partial charge is 0.449 e. The van der Waals surface area contributed by atoms with Gasteiger partial charge in [-0.05, 0) is 46.3 Å². The first-order chi connectivity index (χ1) is 8.99. The highest BCUT2D eigenvalue weighted by atomic mass is 79.9. The fourth-order valence-corrected chi connectivity index (χ4v) is 1.86. The van der Waals surface area contributed by atoms with Crippen molar-refractivity contribution in [2.75, 3.05) is 0 Å². The second kappa shape index (κ2) is 5.31. The van der Waals surface area contributed by atoms with E-state index in [1.807, 2.05) is 0 Å². The van der Waals surface area contributed by atoms with Gasteiger partial charge in [0.05, 0.1) is 9.40 Å². The van der Waals surface area contributed by atoms with E-state index in [0.29, 0.717) is 0 Å². The quantitative estimate of drug-likeness (QED) is 0.618. The van der Waals surface area contributed by atoms with Gasteiger partial charge in [-0.3, -0.25) is 10.1 Å². The highest BCUT2D eigenvalue weighted by Gasteiger charge is 2.22. The van der Waals surface area contributed by atoms with Gasteiger partial charge in [0.25, 0.3) is 0 Å². The Labute approximate surface area is 114 Å². The summed E-state index contributed by atoms with van der Waals surface area (Å²) >= 11 is 3.06. The first kappa shape index (κ1) is 13.4. The molecule has 0 aromatic heterocycles. The minimum atomic E-state index is -0.999. The van der Waals surface area contributed by atoms with Crippen molar-refractivity contribution in [3.05, 3.63) is 62.6 Å². The zero-order valence-electron chi connectivity index (χ0n) is 9.27. The zero-order valence-corrected chi connectivity index (χ0v) is 10.9. The molecular weight excluding hydrogens is 324 g/mol. The van der Waals surface area contributed by atoms with E-state index in [1.54, 1.807) is 0 Å². The molecule has 2 rings (SSSR count). The minimum Gasteiger partial charge on any atom is -0.449 e. The van der Waals surface area contributed by atoms with Gasteiger partial charge in [-0.2, -0.15) is 4.39 Å². The number of nitro groups is 1. The van der Waals surface area contributed by atoms with Crippen LogP contribution in [0, 0.1) is 21.7 Å². The molecule has 0 N–H and O–H groups in total. The maximum absolute atomic E-state index is 13.4. The molecule has 0 aliphatic heterocycles. The lowest BCUT2D eigenvalue weighted by Crippen LogP contribution is -1.97. The molecule has 4 nitrogen and oxygen atoms in total. The van der Waals surface area contributed by atoms with Gasteiger partial charge < -0.3 is 4.74 Å². The zero-order chi connectivity index (χ0) is 14.0. The van der Waals surface area contributed by atoms with Crippen LogP contribution >= 0.6 is 15.9 Å². The molecule has 19 heavy (non-hydrogen) atoms. The normalized spacial score (nSPS) is 10.3. The molecule has 0 saturated heterocycles. The van der Waals surface area contributed by atoms with Gasteiger partial charge in [0.1, 0.15) is 11.6 Å². The molecule has 0 saturated carbocycles. The molecule has 0 spiro atoms. The topological polar surface area (TPSA) is 52.4 Å². The summed E-state index contributed by atoms with van der Waals surface area (Å²) in [6.07, 6.45) is 0. The summed E-state index contributed by atoms with van der Waals surface area (Å²) < 4.78 is 31.8. The van der Waals surface area contributed by atoms with Crippen molar-refractivity contribution in [1.29, 1.82) is 0 Å². The molecular formula is C12H6BrF2NO3. The van der Waals surface area contributed by atoms with E-state index in [4.69, 9.17) is 4.74 Å². The van der Waals surface area contributed by atoms with E-state index >= 15 is 0 Å². The number of hydrogen-bond donors (Lipinski definition) is 0. The third-order valence-corrected chi connectivity index (χ3v) is 2.87. The van der Waals surface area contributed by atoms with Crippen LogP contribution in [0.3, 0.4) is 0 Å². The Morgan fingerprint density at radius 2 is 1.89 bits per heavy atom. The van der Waals surface area contributed by atoms with E-state index in [9.17, 15) is 18.9 Å². The Kier molecular flexibility index (Phi) is 3.75. The Hall–Kier alpha value is -2.02. The predicted molar refractivity (Wildman–Crippen MR) is 67.2 cm³/mol. The van der Waals surface area contributed by atoms with Crippen LogP contribution in [0.4, 0.5) is 14.5 Å². The third kappa shape index (κ3) is 2.87. The van der Waals surface area contributed by atoms with E-state index in [0.717, 1.165) is 18.2 Å². The summed E-state index contributed by atoms with van der Waals surface area (Å²) in [4.78, 5) is 9.91. The Bertz CT molecular complexity index is 649. The number of halogens is 3. The van der Waals surface area contributed by atoms with Crippen LogP contribution in [0.1, 0.15) is 0 Å². The maximum Gasteiger partial charge on any atom is 0.346 e. The van der Waals surface area contributed by atoms with Crippen molar-refractivity contribution in [1.82, 2.24) is 0 Å². The van der Waals surface area contributed by atoms with Crippen molar-refractivity contribution in [3.8, 4) is 11.5 Å². The van der Waals surface area contributed by atoms with E-state index in [1.165, 1.54) is 18.2 Å². The van der Waals surface area contributed by atoms with E-state index in [-0.39, 0.29) is 16.0 Å². The summed E-state index contributed by atoms with van der Waals surface area (Å²) in [6.45, 7) is 0. The van der Waals surface area contributed by atoms with Gasteiger partial charge in [0.15, 0.2) is 0 Å². The molecule has 0 aliphatic carbocycles. The minimum absolute atomic E-state index is 0.148. The Morgan fingerprint density at radius 3 is 2.53 bits per heavy atom. The molecule has 0 radical (unpaired) electrons. The number of hydrogen-bond acceptors (Lipinski definition) is 3. The Balaban J connectivity index is 2.44. The summed E-state index contributed by atoms with van der Waals surface area (Å²) in [5.41, 5.74) is -0.765. The fraction of sp³-hybridized carbons (Fsp3) is 0. The van der Waals surface area contributed by atoms with Crippen molar-refractivity contribution in [2.45, 2.75) is 0 Å². The molecule has 0 bridgehead atoms. The Morgan fingerprint density at radius 1 is 1.16 bits per heavy atom. The van der Waals surface area contributed by atoms with Gasteiger partial charge >= 0.3 is 5.69 Å². The highest BCUT2D eigenvalue weighted by molar-refractivity contribution is 9.10. The predicted octanol–water partition coefficient (Wildman–Crippen LogP) is 4.43. The maximum atomic E-state index is 13.4. The number of para-hydroxylation sites is 1. The molecule has 0 unspecified atom stereocenters. The highest BCUT2D eigenvalue weighted by Crippen LogP contribution is 2.36. The summed E-state index contributed by atoms with van der Waals surface area (Å²) in [7, 11) is 0. The van der Waals surface area contributed by atoms with Gasteiger partial charge in [0, 0.05) is 0 Å². The molecule has 0 atom stereocenters. The van der Waals surface area contributed by atoms with Crippen LogP contribution in [-0.2, 0) is 0 Å². The standard InChI is InChI=1S/C12H6BrF2NO3/c13-8-6-7(14)4-5-10(8)19-11-3-1-2-9(15)12(11)16(17)18/h1-6H. The van der Waals surface area contributed by atoms with Crippen LogP contribution in [0.25, 0.3) is 0 Å². The monoisotopic (exact) mass is 329 g/mol. The fourth-order valence-electron chi connectivity index (χ4n) is 1.43. The van der Waals surface area contributed by atoms with Crippen LogP contribution < -0.4 is 4.74 Å². The lowest BCUT2D eigenvalue weighted by molar-refractivity contribution is -0.388. The number of nitro benzene ring substituents is 1. The van der Waals surface area contributed by atoms with Gasteiger partial charge in [-0.15, -0.1) is 0 Å². The van der Waals surface area contributed by atoms with Crippen LogP contribution in [0.2, 0.25) is 0 Å². The third-order valence-electron chi connectivity index (χ3n) is 2.25. The van der Waals surface area contributed by atoms with Gasteiger partial charge in [-0.1, -0.05) is 6.07 Å². The molecule has 7 heteroatoms. The van der Waals surface area contributed by atoms with Crippen molar-refractivity contribution < 1.29 is 18.4 Å². The van der Waals surface area contributed by atoms with Crippen molar-refractivity contribution in [2.24, 2.45) is 0 Å². The van der Waals surface area contributed by atoms with Crippen LogP contribution in [0.5, 0.6) is 11.5 Å². The molecule has 0 amide bonds. The van der Waals surface area contributed by atoms with Crippen LogP contribution in [-0.4, -0.2) is 4.92 Å². The van der Waals surface area contributed by atoms with E-state index in [2.05, 4.69) is 15.9 Å². The van der Waals surface area contributed by atoms with E-state index < -0.39 is 22.2 Å². The summed E-state index contributed by atoms with van der Waals surface area (Å²) in [5.74, 6) is -1.60. The second-order valence-electron chi connectivity index (χ2n) is 3.52. The average molecular weight is 330 g/mol. The molecule has 0 aliphatic rings. The molecule has 2 aromatic carbocycles. The molecule has 0 heterocycles. The summed E-state index contributed by atoms with van der Waals surface area (Å²) in [6, 6.07) is 7.07. The summed E-state index contributed by atoms with van der Waals surface area (Å²) in [5, 5.41) is 10.8. The number of ether oxygens (including phenoxy) is 1. The second-order valence-corrected chi connectivity index (χ2v) is 4.37. The van der Waals surface area contributed by atoms with Crippen molar-refractivity contribution in [3.63, 3.8) is 0 Å². The number of nitrogens with zero attached hydrogens (tertiary/aromatic N) is 1. The first-order valence-corrected chi connectivity index (χ1v) is 5.84. The number of rotatable bonds is 3. The SMILES string of the molecule is O=[N+]([O-])c1c(F)cccc1Oc1ccc(F)cc1Br. The number of benzene rings is 2.